The van der Waals surface area contributed by atoms with Gasteiger partial charge in [-0.15, -0.1) is 0 Å². The SMILES string of the molecule is CC(C)N1CC[C@@]2(CCCC(N)=O)c3cc(O)ccc3C[C@@H]1[C@@H]2C. The zero-order valence-corrected chi connectivity index (χ0v) is 15.1. The van der Waals surface area contributed by atoms with E-state index in [2.05, 4.69) is 31.7 Å². The maximum atomic E-state index is 11.2. The number of amides is 1. The first-order valence-electron chi connectivity index (χ1n) is 9.21. The first kappa shape index (κ1) is 17.3. The van der Waals surface area contributed by atoms with Gasteiger partial charge in [0.15, 0.2) is 0 Å². The molecule has 1 saturated heterocycles. The van der Waals surface area contributed by atoms with Crippen LogP contribution in [0.15, 0.2) is 18.2 Å². The Labute approximate surface area is 145 Å². The molecule has 132 valence electrons. The number of nitrogens with two attached hydrogens (primary N) is 1. The Morgan fingerprint density at radius 3 is 2.88 bits per heavy atom. The Bertz CT molecular complexity index is 628. The monoisotopic (exact) mass is 330 g/mol. The Morgan fingerprint density at radius 2 is 2.21 bits per heavy atom. The van der Waals surface area contributed by atoms with Gasteiger partial charge in [-0.25, -0.2) is 0 Å². The molecule has 0 spiro atoms. The van der Waals surface area contributed by atoms with Crippen molar-refractivity contribution in [1.29, 1.82) is 0 Å². The molecule has 24 heavy (non-hydrogen) atoms. The summed E-state index contributed by atoms with van der Waals surface area (Å²) in [5.74, 6) is 0.637. The van der Waals surface area contributed by atoms with Crippen molar-refractivity contribution in [2.75, 3.05) is 6.54 Å². The molecule has 1 amide bonds. The first-order chi connectivity index (χ1) is 11.3. The molecule has 1 aromatic rings. The lowest BCUT2D eigenvalue weighted by molar-refractivity contribution is -0.118. The van der Waals surface area contributed by atoms with E-state index in [4.69, 9.17) is 5.73 Å². The average Bonchev–Trinajstić information content (AvgIpc) is 2.50. The topological polar surface area (TPSA) is 66.6 Å². The summed E-state index contributed by atoms with van der Waals surface area (Å²) in [6.45, 7) is 7.99. The molecule has 1 aliphatic carbocycles. The Kier molecular flexibility index (Phi) is 4.60. The summed E-state index contributed by atoms with van der Waals surface area (Å²) < 4.78 is 0. The van der Waals surface area contributed by atoms with Gasteiger partial charge in [-0.2, -0.15) is 0 Å². The number of primary amides is 1. The van der Waals surface area contributed by atoms with Crippen LogP contribution in [0.25, 0.3) is 0 Å². The molecule has 0 saturated carbocycles. The maximum absolute atomic E-state index is 11.2. The van der Waals surface area contributed by atoms with Gasteiger partial charge >= 0.3 is 0 Å². The Balaban J connectivity index is 2.00. The van der Waals surface area contributed by atoms with Crippen molar-refractivity contribution >= 4 is 5.91 Å². The third-order valence-corrected chi connectivity index (χ3v) is 6.46. The van der Waals surface area contributed by atoms with E-state index < -0.39 is 0 Å². The van der Waals surface area contributed by atoms with Crippen LogP contribution in [0.2, 0.25) is 0 Å². The number of rotatable bonds is 5. The fourth-order valence-corrected chi connectivity index (χ4v) is 5.19. The molecular weight excluding hydrogens is 300 g/mol. The predicted molar refractivity (Wildman–Crippen MR) is 95.9 cm³/mol. The molecule has 3 N–H and O–H groups in total. The van der Waals surface area contributed by atoms with E-state index >= 15 is 0 Å². The van der Waals surface area contributed by atoms with E-state index in [9.17, 15) is 9.90 Å². The van der Waals surface area contributed by atoms with Crippen LogP contribution in [-0.2, 0) is 16.6 Å². The van der Waals surface area contributed by atoms with Crippen LogP contribution in [0.3, 0.4) is 0 Å². The number of benzene rings is 1. The summed E-state index contributed by atoms with van der Waals surface area (Å²) >= 11 is 0. The van der Waals surface area contributed by atoms with Gasteiger partial charge < -0.3 is 10.8 Å². The third kappa shape index (κ3) is 2.81. The number of aromatic hydroxyl groups is 1. The molecule has 1 heterocycles. The number of likely N-dealkylation sites (tertiary alicyclic amines) is 1. The minimum absolute atomic E-state index is 0.0534. The van der Waals surface area contributed by atoms with Crippen molar-refractivity contribution in [1.82, 2.24) is 4.90 Å². The number of carbonyl (C=O) groups is 1. The number of phenolic OH excluding ortho intramolecular Hbond substituents is 1. The second-order valence-electron chi connectivity index (χ2n) is 7.96. The van der Waals surface area contributed by atoms with Gasteiger partial charge in [-0.3, -0.25) is 9.69 Å². The van der Waals surface area contributed by atoms with Crippen LogP contribution in [0.5, 0.6) is 5.75 Å². The second-order valence-corrected chi connectivity index (χ2v) is 7.96. The lowest BCUT2D eigenvalue weighted by Crippen LogP contribution is -2.60. The molecule has 1 aliphatic heterocycles. The minimum atomic E-state index is -0.220. The molecule has 1 fully saturated rings. The van der Waals surface area contributed by atoms with Crippen LogP contribution in [0.4, 0.5) is 0 Å². The fourth-order valence-electron chi connectivity index (χ4n) is 5.19. The predicted octanol–water partition coefficient (Wildman–Crippen LogP) is 2.96. The van der Waals surface area contributed by atoms with Gasteiger partial charge in [0.1, 0.15) is 5.75 Å². The highest BCUT2D eigenvalue weighted by Crippen LogP contribution is 2.52. The highest BCUT2D eigenvalue weighted by atomic mass is 16.3. The summed E-state index contributed by atoms with van der Waals surface area (Å²) in [5.41, 5.74) is 8.08. The van der Waals surface area contributed by atoms with Crippen LogP contribution < -0.4 is 5.73 Å². The number of carbonyl (C=O) groups excluding carboxylic acids is 1. The van der Waals surface area contributed by atoms with Crippen molar-refractivity contribution in [3.8, 4) is 5.75 Å². The van der Waals surface area contributed by atoms with Crippen molar-refractivity contribution in [2.24, 2.45) is 11.7 Å². The number of fused-ring (bicyclic) bond motifs is 4. The molecule has 1 aromatic carbocycles. The molecular formula is C20H30N2O2. The van der Waals surface area contributed by atoms with E-state index in [0.717, 1.165) is 32.2 Å². The van der Waals surface area contributed by atoms with Gasteiger partial charge in [0.2, 0.25) is 5.91 Å². The quantitative estimate of drug-likeness (QED) is 0.872. The van der Waals surface area contributed by atoms with Gasteiger partial charge in [0.25, 0.3) is 0 Å². The van der Waals surface area contributed by atoms with E-state index in [1.165, 1.54) is 11.1 Å². The van der Waals surface area contributed by atoms with Crippen LogP contribution >= 0.6 is 0 Å². The van der Waals surface area contributed by atoms with E-state index in [-0.39, 0.29) is 11.3 Å². The highest BCUT2D eigenvalue weighted by Gasteiger charge is 2.51. The van der Waals surface area contributed by atoms with Crippen molar-refractivity contribution < 1.29 is 9.90 Å². The molecule has 3 atom stereocenters. The minimum Gasteiger partial charge on any atom is -0.508 e. The van der Waals surface area contributed by atoms with Gasteiger partial charge in [-0.05, 0) is 75.3 Å². The van der Waals surface area contributed by atoms with Crippen molar-refractivity contribution in [3.63, 3.8) is 0 Å². The Morgan fingerprint density at radius 1 is 1.46 bits per heavy atom. The second kappa shape index (κ2) is 6.40. The largest absolute Gasteiger partial charge is 0.508 e. The number of piperidine rings is 1. The van der Waals surface area contributed by atoms with Crippen molar-refractivity contribution in [2.45, 2.75) is 70.4 Å². The summed E-state index contributed by atoms with van der Waals surface area (Å²) in [7, 11) is 0. The normalized spacial score (nSPS) is 29.5. The van der Waals surface area contributed by atoms with Gasteiger partial charge in [-0.1, -0.05) is 13.0 Å². The standard InChI is InChI=1S/C20H30N2O2/c1-13(2)22-10-9-20(8-4-5-19(21)24)14(3)18(22)11-15-6-7-16(23)12-17(15)20/h6-7,12-14,18,23H,4-5,8-11H2,1-3H3,(H2,21,24)/t14-,18+,20+/m0/s1. The zero-order valence-electron chi connectivity index (χ0n) is 15.1. The highest BCUT2D eigenvalue weighted by molar-refractivity contribution is 5.73. The van der Waals surface area contributed by atoms with E-state index in [1.54, 1.807) is 6.07 Å². The fraction of sp³-hybridized carbons (Fsp3) is 0.650. The maximum Gasteiger partial charge on any atom is 0.217 e. The lowest BCUT2D eigenvalue weighted by Gasteiger charge is -2.57. The molecule has 4 nitrogen and oxygen atoms in total. The number of phenols is 1. The smallest absolute Gasteiger partial charge is 0.217 e. The van der Waals surface area contributed by atoms with Gasteiger partial charge in [0.05, 0.1) is 0 Å². The first-order valence-corrected chi connectivity index (χ1v) is 9.21. The van der Waals surface area contributed by atoms with E-state index in [1.807, 2.05) is 6.07 Å². The average molecular weight is 330 g/mol. The summed E-state index contributed by atoms with van der Waals surface area (Å²) in [4.78, 5) is 13.8. The summed E-state index contributed by atoms with van der Waals surface area (Å²) in [6.07, 6.45) is 4.37. The molecule has 4 heteroatoms. The molecule has 0 radical (unpaired) electrons. The third-order valence-electron chi connectivity index (χ3n) is 6.46. The van der Waals surface area contributed by atoms with Crippen LogP contribution in [0, 0.1) is 5.92 Å². The van der Waals surface area contributed by atoms with Gasteiger partial charge in [0, 0.05) is 23.9 Å². The molecule has 2 aliphatic rings. The van der Waals surface area contributed by atoms with Crippen LogP contribution in [0.1, 0.15) is 57.6 Å². The molecule has 3 rings (SSSR count). The lowest BCUT2D eigenvalue weighted by atomic mass is 9.56. The van der Waals surface area contributed by atoms with Crippen molar-refractivity contribution in [3.05, 3.63) is 29.3 Å². The Hall–Kier alpha value is -1.55. The van der Waals surface area contributed by atoms with E-state index in [0.29, 0.717) is 30.2 Å². The molecule has 0 unspecified atom stereocenters. The zero-order chi connectivity index (χ0) is 17.5. The number of hydrogen-bond acceptors (Lipinski definition) is 3. The summed E-state index contributed by atoms with van der Waals surface area (Å²) in [6, 6.07) is 6.94. The number of nitrogens with zero attached hydrogens (tertiary/aromatic N) is 1. The van der Waals surface area contributed by atoms with Crippen LogP contribution in [-0.4, -0.2) is 34.5 Å². The number of hydrogen-bond donors (Lipinski definition) is 2. The molecule has 2 bridgehead atoms. The molecule has 0 aromatic heterocycles. The summed E-state index contributed by atoms with van der Waals surface area (Å²) in [5, 5.41) is 10.1.